The highest BCUT2D eigenvalue weighted by Gasteiger charge is 2.09. The van der Waals surface area contributed by atoms with Crippen LogP contribution in [0.15, 0.2) is 0 Å². The zero-order valence-corrected chi connectivity index (χ0v) is 12.2. The minimum absolute atomic E-state index is 0.655. The summed E-state index contributed by atoms with van der Waals surface area (Å²) in [5.74, 6) is 5.20. The molecule has 0 fully saturated rings. The van der Waals surface area contributed by atoms with E-state index in [1.807, 2.05) is 23.5 Å². The van der Waals surface area contributed by atoms with Gasteiger partial charge in [-0.05, 0) is 5.75 Å². The van der Waals surface area contributed by atoms with Crippen LogP contribution in [0.25, 0.3) is 0 Å². The number of hydrogen-bond acceptors (Lipinski definition) is 5. The van der Waals surface area contributed by atoms with Gasteiger partial charge in [-0.3, -0.25) is 0 Å². The zero-order valence-electron chi connectivity index (χ0n) is 7.85. The van der Waals surface area contributed by atoms with Crippen LogP contribution in [0, 0.1) is 0 Å². The fourth-order valence-corrected chi connectivity index (χ4v) is 3.88. The van der Waals surface area contributed by atoms with Crippen LogP contribution < -0.4 is 0 Å². The highest BCUT2D eigenvalue weighted by atomic mass is 32.2. The van der Waals surface area contributed by atoms with Crippen LogP contribution in [0.2, 0.25) is 0 Å². The van der Waals surface area contributed by atoms with Gasteiger partial charge < -0.3 is 0 Å². The van der Waals surface area contributed by atoms with Gasteiger partial charge in [-0.25, -0.2) is 0 Å². The van der Waals surface area contributed by atoms with Gasteiger partial charge in [0.2, 0.25) is 0 Å². The molecular weight excluding hydrogens is 256 g/mol. The van der Waals surface area contributed by atoms with Crippen LogP contribution in [-0.4, -0.2) is 39.3 Å². The molecule has 80 valence electrons. The van der Waals surface area contributed by atoms with Gasteiger partial charge in [-0.2, -0.15) is 61.4 Å². The van der Waals surface area contributed by atoms with E-state index >= 15 is 0 Å². The minimum Gasteiger partial charge on any atom is -0.179 e. The molecule has 0 bridgehead atoms. The largest absolute Gasteiger partial charge is 0.179 e. The summed E-state index contributed by atoms with van der Waals surface area (Å²) in [6.45, 7) is 2.22. The van der Waals surface area contributed by atoms with Crippen LogP contribution in [0.5, 0.6) is 0 Å². The first-order chi connectivity index (χ1) is 6.24. The third kappa shape index (κ3) is 8.73. The fraction of sp³-hybridized carbons (Fsp3) is 1.00. The maximum absolute atomic E-state index is 4.34. The van der Waals surface area contributed by atoms with E-state index in [0.717, 1.165) is 23.0 Å². The highest BCUT2D eigenvalue weighted by Crippen LogP contribution is 2.21. The molecule has 0 aliphatic rings. The lowest BCUT2D eigenvalue weighted by Crippen LogP contribution is -2.12. The summed E-state index contributed by atoms with van der Waals surface area (Å²) < 4.78 is 0. The fourth-order valence-electron chi connectivity index (χ4n) is 0.697. The van der Waals surface area contributed by atoms with Crippen molar-refractivity contribution in [3.8, 4) is 0 Å². The lowest BCUT2D eigenvalue weighted by molar-refractivity contribution is 1.10. The standard InChI is InChI=1S/C8H18S5/c1-7(4-10)13-6-8(5-11)12-3-2-9/h7-11H,2-6H2,1H3. The summed E-state index contributed by atoms with van der Waals surface area (Å²) in [5, 5.41) is 1.32. The molecule has 0 aromatic heterocycles. The molecular formula is C8H18S5. The van der Waals surface area contributed by atoms with E-state index in [9.17, 15) is 0 Å². The van der Waals surface area contributed by atoms with Crippen molar-refractivity contribution in [3.05, 3.63) is 0 Å². The van der Waals surface area contributed by atoms with Gasteiger partial charge in [0.25, 0.3) is 0 Å². The van der Waals surface area contributed by atoms with E-state index in [1.54, 1.807) is 0 Å². The van der Waals surface area contributed by atoms with E-state index in [1.165, 1.54) is 5.75 Å². The molecule has 0 nitrogen and oxygen atoms in total. The molecule has 0 aliphatic heterocycles. The Morgan fingerprint density at radius 3 is 2.23 bits per heavy atom. The Labute approximate surface area is 107 Å². The Balaban J connectivity index is 3.46. The molecule has 2 unspecified atom stereocenters. The van der Waals surface area contributed by atoms with Crippen molar-refractivity contribution in [1.82, 2.24) is 0 Å². The molecule has 0 saturated heterocycles. The number of hydrogen-bond donors (Lipinski definition) is 3. The minimum atomic E-state index is 0.655. The second kappa shape index (κ2) is 10.3. The van der Waals surface area contributed by atoms with Crippen molar-refractivity contribution >= 4 is 61.4 Å². The molecule has 0 N–H and O–H groups in total. The Morgan fingerprint density at radius 1 is 1.08 bits per heavy atom. The quantitative estimate of drug-likeness (QED) is 0.582. The first-order valence-electron chi connectivity index (χ1n) is 4.30. The number of thiol groups is 3. The van der Waals surface area contributed by atoms with Gasteiger partial charge in [0.1, 0.15) is 0 Å². The summed E-state index contributed by atoms with van der Waals surface area (Å²) in [7, 11) is 0. The summed E-state index contributed by atoms with van der Waals surface area (Å²) in [6.07, 6.45) is 0. The Hall–Kier alpha value is 1.75. The average molecular weight is 275 g/mol. The molecule has 0 aromatic rings. The SMILES string of the molecule is CC(CS)SCC(CS)SCCS. The maximum Gasteiger partial charge on any atom is 0.0226 e. The molecule has 0 aromatic carbocycles. The van der Waals surface area contributed by atoms with Gasteiger partial charge in [0.05, 0.1) is 0 Å². The van der Waals surface area contributed by atoms with Crippen molar-refractivity contribution < 1.29 is 0 Å². The van der Waals surface area contributed by atoms with Crippen molar-refractivity contribution in [2.24, 2.45) is 0 Å². The van der Waals surface area contributed by atoms with Gasteiger partial charge >= 0.3 is 0 Å². The topological polar surface area (TPSA) is 0 Å². The van der Waals surface area contributed by atoms with E-state index in [2.05, 4.69) is 44.8 Å². The molecule has 0 heterocycles. The van der Waals surface area contributed by atoms with Gasteiger partial charge in [0.15, 0.2) is 0 Å². The number of thioether (sulfide) groups is 2. The lowest BCUT2D eigenvalue weighted by atomic mass is 10.5. The molecule has 13 heavy (non-hydrogen) atoms. The van der Waals surface area contributed by atoms with Gasteiger partial charge in [-0.1, -0.05) is 6.92 Å². The Kier molecular flexibility index (Phi) is 11.7. The maximum atomic E-state index is 4.34. The van der Waals surface area contributed by atoms with Crippen LogP contribution in [0.4, 0.5) is 0 Å². The molecule has 2 atom stereocenters. The summed E-state index contributed by atoms with van der Waals surface area (Å²) in [5.41, 5.74) is 0. The Morgan fingerprint density at radius 2 is 1.77 bits per heavy atom. The summed E-state index contributed by atoms with van der Waals surface area (Å²) in [6, 6.07) is 0. The summed E-state index contributed by atoms with van der Waals surface area (Å²) in [4.78, 5) is 0. The lowest BCUT2D eigenvalue weighted by Gasteiger charge is -2.15. The molecule has 5 heteroatoms. The highest BCUT2D eigenvalue weighted by molar-refractivity contribution is 8.04. The Bertz CT molecular complexity index is 109. The second-order valence-electron chi connectivity index (χ2n) is 2.73. The van der Waals surface area contributed by atoms with E-state index in [0.29, 0.717) is 10.5 Å². The molecule has 0 amide bonds. The normalized spacial score (nSPS) is 15.7. The van der Waals surface area contributed by atoms with Crippen molar-refractivity contribution in [3.63, 3.8) is 0 Å². The predicted molar refractivity (Wildman–Crippen MR) is 79.7 cm³/mol. The monoisotopic (exact) mass is 274 g/mol. The second-order valence-corrected chi connectivity index (χ2v) is 6.78. The van der Waals surface area contributed by atoms with Crippen molar-refractivity contribution in [1.29, 1.82) is 0 Å². The first-order valence-corrected chi connectivity index (χ1v) is 8.29. The third-order valence-electron chi connectivity index (χ3n) is 1.47. The van der Waals surface area contributed by atoms with Gasteiger partial charge in [0, 0.05) is 33.5 Å². The predicted octanol–water partition coefficient (Wildman–Crippen LogP) is 3.00. The van der Waals surface area contributed by atoms with Crippen LogP contribution >= 0.6 is 61.4 Å². The van der Waals surface area contributed by atoms with Gasteiger partial charge in [-0.15, -0.1) is 0 Å². The first kappa shape index (κ1) is 14.8. The van der Waals surface area contributed by atoms with Crippen molar-refractivity contribution in [2.45, 2.75) is 17.4 Å². The van der Waals surface area contributed by atoms with E-state index < -0.39 is 0 Å². The molecule has 0 rings (SSSR count). The van der Waals surface area contributed by atoms with E-state index in [4.69, 9.17) is 0 Å². The molecule has 0 radical (unpaired) electrons. The molecule has 0 saturated carbocycles. The smallest absolute Gasteiger partial charge is 0.0226 e. The number of rotatable bonds is 8. The van der Waals surface area contributed by atoms with Crippen LogP contribution in [-0.2, 0) is 0 Å². The van der Waals surface area contributed by atoms with Crippen molar-refractivity contribution in [2.75, 3.05) is 28.8 Å². The molecule has 0 aliphatic carbocycles. The van der Waals surface area contributed by atoms with Crippen LogP contribution in [0.3, 0.4) is 0 Å². The average Bonchev–Trinajstić information content (AvgIpc) is 2.17. The zero-order chi connectivity index (χ0) is 10.1. The third-order valence-corrected chi connectivity index (χ3v) is 6.27. The summed E-state index contributed by atoms with van der Waals surface area (Å²) >= 11 is 16.8. The van der Waals surface area contributed by atoms with E-state index in [-0.39, 0.29) is 0 Å². The van der Waals surface area contributed by atoms with Crippen LogP contribution in [0.1, 0.15) is 6.92 Å². The molecule has 0 spiro atoms.